The number of rotatable bonds is 4. The van der Waals surface area contributed by atoms with Gasteiger partial charge in [-0.3, -0.25) is 0 Å². The van der Waals surface area contributed by atoms with E-state index in [1.54, 1.807) is 6.07 Å². The Kier molecular flexibility index (Phi) is 4.27. The summed E-state index contributed by atoms with van der Waals surface area (Å²) in [5.41, 5.74) is 1.59. The van der Waals surface area contributed by atoms with E-state index in [1.807, 2.05) is 36.9 Å². The van der Waals surface area contributed by atoms with Crippen molar-refractivity contribution in [2.45, 2.75) is 26.5 Å². The van der Waals surface area contributed by atoms with Crippen LogP contribution in [0.3, 0.4) is 0 Å². The first-order valence-electron chi connectivity index (χ1n) is 6.25. The third-order valence-electron chi connectivity index (χ3n) is 3.11. The Balaban J connectivity index is 2.18. The van der Waals surface area contributed by atoms with Crippen LogP contribution in [0.15, 0.2) is 36.7 Å². The lowest BCUT2D eigenvalue weighted by atomic mass is 10.0. The van der Waals surface area contributed by atoms with Crippen molar-refractivity contribution >= 4 is 11.6 Å². The molecule has 0 aliphatic heterocycles. The standard InChI is InChI=1S/C15H17ClFNO/c1-10(2)15(19)11-5-6-18(8-11)9-12-7-13(17)3-4-14(12)16/h3-8,10,15,19H,9H2,1-2H3. The van der Waals surface area contributed by atoms with Gasteiger partial charge in [-0.1, -0.05) is 25.4 Å². The summed E-state index contributed by atoms with van der Waals surface area (Å²) in [6.45, 7) is 4.41. The van der Waals surface area contributed by atoms with Gasteiger partial charge in [0.1, 0.15) is 5.82 Å². The largest absolute Gasteiger partial charge is 0.388 e. The van der Waals surface area contributed by atoms with E-state index in [0.717, 1.165) is 11.1 Å². The number of benzene rings is 1. The van der Waals surface area contributed by atoms with E-state index in [4.69, 9.17) is 11.6 Å². The van der Waals surface area contributed by atoms with Gasteiger partial charge in [0.05, 0.1) is 6.10 Å². The molecule has 2 aromatic rings. The van der Waals surface area contributed by atoms with Gasteiger partial charge < -0.3 is 9.67 Å². The predicted molar refractivity (Wildman–Crippen MR) is 74.7 cm³/mol. The van der Waals surface area contributed by atoms with Gasteiger partial charge in [-0.25, -0.2) is 4.39 Å². The fourth-order valence-corrected chi connectivity index (χ4v) is 2.16. The third kappa shape index (κ3) is 3.37. The lowest BCUT2D eigenvalue weighted by Crippen LogP contribution is -2.04. The minimum atomic E-state index is -0.482. The van der Waals surface area contributed by atoms with Gasteiger partial charge in [-0.15, -0.1) is 0 Å². The van der Waals surface area contributed by atoms with Crippen molar-refractivity contribution < 1.29 is 9.50 Å². The highest BCUT2D eigenvalue weighted by molar-refractivity contribution is 6.31. The van der Waals surface area contributed by atoms with E-state index in [9.17, 15) is 9.50 Å². The molecular weight excluding hydrogens is 265 g/mol. The SMILES string of the molecule is CC(C)C(O)c1ccn(Cc2cc(F)ccc2Cl)c1. The molecule has 1 atom stereocenters. The molecule has 0 radical (unpaired) electrons. The summed E-state index contributed by atoms with van der Waals surface area (Å²) in [5, 5.41) is 10.5. The first-order valence-corrected chi connectivity index (χ1v) is 6.63. The molecule has 19 heavy (non-hydrogen) atoms. The van der Waals surface area contributed by atoms with Crippen LogP contribution in [0, 0.1) is 11.7 Å². The summed E-state index contributed by atoms with van der Waals surface area (Å²) in [6, 6.07) is 6.20. The van der Waals surface area contributed by atoms with E-state index < -0.39 is 6.10 Å². The topological polar surface area (TPSA) is 25.2 Å². The lowest BCUT2D eigenvalue weighted by Gasteiger charge is -2.12. The molecule has 0 saturated heterocycles. The van der Waals surface area contributed by atoms with Gasteiger partial charge in [-0.2, -0.15) is 0 Å². The summed E-state index contributed by atoms with van der Waals surface area (Å²) >= 11 is 6.04. The van der Waals surface area contributed by atoms with E-state index in [2.05, 4.69) is 0 Å². The average Bonchev–Trinajstić information content (AvgIpc) is 2.81. The van der Waals surface area contributed by atoms with Crippen molar-refractivity contribution in [3.63, 3.8) is 0 Å². The highest BCUT2D eigenvalue weighted by Gasteiger charge is 2.13. The van der Waals surface area contributed by atoms with Gasteiger partial charge in [0.15, 0.2) is 0 Å². The molecule has 1 aromatic carbocycles. The number of aliphatic hydroxyl groups excluding tert-OH is 1. The van der Waals surface area contributed by atoms with Crippen molar-refractivity contribution in [1.29, 1.82) is 0 Å². The fraction of sp³-hybridized carbons (Fsp3) is 0.333. The molecule has 0 aliphatic carbocycles. The lowest BCUT2D eigenvalue weighted by molar-refractivity contribution is 0.127. The number of hydrogen-bond acceptors (Lipinski definition) is 1. The van der Waals surface area contributed by atoms with Gasteiger partial charge in [0.2, 0.25) is 0 Å². The van der Waals surface area contributed by atoms with Crippen LogP contribution in [0.4, 0.5) is 4.39 Å². The molecule has 1 heterocycles. The van der Waals surface area contributed by atoms with Crippen molar-refractivity contribution in [3.8, 4) is 0 Å². The summed E-state index contributed by atoms with van der Waals surface area (Å²) in [4.78, 5) is 0. The summed E-state index contributed by atoms with van der Waals surface area (Å²) in [5.74, 6) is -0.136. The average molecular weight is 282 g/mol. The number of aromatic nitrogens is 1. The quantitative estimate of drug-likeness (QED) is 0.900. The normalized spacial score (nSPS) is 12.9. The number of halogens is 2. The second-order valence-corrected chi connectivity index (χ2v) is 5.45. The zero-order valence-electron chi connectivity index (χ0n) is 11.0. The highest BCUT2D eigenvalue weighted by atomic mass is 35.5. The van der Waals surface area contributed by atoms with Crippen LogP contribution < -0.4 is 0 Å². The summed E-state index contributed by atoms with van der Waals surface area (Å²) < 4.78 is 15.1. The van der Waals surface area contributed by atoms with E-state index in [0.29, 0.717) is 11.6 Å². The molecular formula is C15H17ClFNO. The van der Waals surface area contributed by atoms with Crippen LogP contribution in [-0.2, 0) is 6.54 Å². The first-order chi connectivity index (χ1) is 8.97. The number of nitrogens with zero attached hydrogens (tertiary/aromatic N) is 1. The molecule has 102 valence electrons. The predicted octanol–water partition coefficient (Wildman–Crippen LogP) is 4.02. The molecule has 0 bridgehead atoms. The maximum atomic E-state index is 13.2. The van der Waals surface area contributed by atoms with Crippen LogP contribution in [-0.4, -0.2) is 9.67 Å². The molecule has 4 heteroatoms. The smallest absolute Gasteiger partial charge is 0.123 e. The monoisotopic (exact) mass is 281 g/mol. The van der Waals surface area contributed by atoms with Crippen molar-refractivity contribution in [1.82, 2.24) is 4.57 Å². The van der Waals surface area contributed by atoms with Crippen molar-refractivity contribution in [2.75, 3.05) is 0 Å². The Hall–Kier alpha value is -1.32. The van der Waals surface area contributed by atoms with Crippen molar-refractivity contribution in [3.05, 3.63) is 58.6 Å². The molecule has 1 N–H and O–H groups in total. The minimum absolute atomic E-state index is 0.161. The highest BCUT2D eigenvalue weighted by Crippen LogP contribution is 2.23. The molecule has 2 nitrogen and oxygen atoms in total. The van der Waals surface area contributed by atoms with E-state index in [-0.39, 0.29) is 11.7 Å². The van der Waals surface area contributed by atoms with E-state index in [1.165, 1.54) is 12.1 Å². The van der Waals surface area contributed by atoms with Crippen LogP contribution in [0.25, 0.3) is 0 Å². The zero-order chi connectivity index (χ0) is 14.0. The molecule has 0 aliphatic rings. The second kappa shape index (κ2) is 5.76. The van der Waals surface area contributed by atoms with Gasteiger partial charge in [-0.05, 0) is 41.3 Å². The maximum absolute atomic E-state index is 13.2. The summed E-state index contributed by atoms with van der Waals surface area (Å²) in [7, 11) is 0. The molecule has 2 rings (SSSR count). The molecule has 0 amide bonds. The van der Waals surface area contributed by atoms with Crippen LogP contribution >= 0.6 is 11.6 Å². The molecule has 0 spiro atoms. The van der Waals surface area contributed by atoms with Crippen LogP contribution in [0.2, 0.25) is 5.02 Å². The first kappa shape index (κ1) is 14.1. The Labute approximate surface area is 117 Å². The zero-order valence-corrected chi connectivity index (χ0v) is 11.7. The third-order valence-corrected chi connectivity index (χ3v) is 3.48. The Bertz CT molecular complexity index is 565. The molecule has 0 fully saturated rings. The summed E-state index contributed by atoms with van der Waals surface area (Å²) in [6.07, 6.45) is 3.25. The Morgan fingerprint density at radius 1 is 1.32 bits per heavy atom. The van der Waals surface area contributed by atoms with Gasteiger partial charge >= 0.3 is 0 Å². The maximum Gasteiger partial charge on any atom is 0.123 e. The van der Waals surface area contributed by atoms with Crippen LogP contribution in [0.5, 0.6) is 0 Å². The number of aliphatic hydroxyl groups is 1. The van der Waals surface area contributed by atoms with Crippen LogP contribution in [0.1, 0.15) is 31.1 Å². The number of hydrogen-bond donors (Lipinski definition) is 1. The van der Waals surface area contributed by atoms with Gasteiger partial charge in [0.25, 0.3) is 0 Å². The van der Waals surface area contributed by atoms with Gasteiger partial charge in [0, 0.05) is 24.0 Å². The van der Waals surface area contributed by atoms with Crippen molar-refractivity contribution in [2.24, 2.45) is 5.92 Å². The van der Waals surface area contributed by atoms with E-state index >= 15 is 0 Å². The second-order valence-electron chi connectivity index (χ2n) is 5.04. The Morgan fingerprint density at radius 2 is 2.05 bits per heavy atom. The molecule has 1 aromatic heterocycles. The molecule has 1 unspecified atom stereocenters. The molecule has 0 saturated carbocycles. The Morgan fingerprint density at radius 3 is 2.74 bits per heavy atom. The minimum Gasteiger partial charge on any atom is -0.388 e. The fourth-order valence-electron chi connectivity index (χ4n) is 1.98.